The van der Waals surface area contributed by atoms with Crippen LogP contribution in [-0.2, 0) is 32.6 Å². The molecule has 4 aromatic rings. The molecule has 1 spiro atoms. The third-order valence-electron chi connectivity index (χ3n) is 13.7. The first-order chi connectivity index (χ1) is 31.2. The third-order valence-corrected chi connectivity index (χ3v) is 15.2. The number of phenolic OH excluding ortho intramolecular Hbond substituents is 1. The molecule has 16 heteroatoms. The number of carbonyl (C=O) groups is 2. The molecule has 4 bridgehead atoms. The molecule has 340 valence electrons. The Morgan fingerprint density at radius 2 is 1.75 bits per heavy atom. The van der Waals surface area contributed by atoms with Crippen LogP contribution < -0.4 is 33.7 Å². The van der Waals surface area contributed by atoms with E-state index in [0.29, 0.717) is 53.7 Å². The van der Waals surface area contributed by atoms with Crippen molar-refractivity contribution in [3.05, 3.63) is 93.0 Å². The number of piperazine rings is 1. The molecule has 0 saturated carbocycles. The van der Waals surface area contributed by atoms with Crippen LogP contribution in [0.15, 0.2) is 48.5 Å². The number of likely N-dealkylation sites (N-methyl/N-ethyl adjacent to an activating group) is 1. The fraction of sp³-hybridized carbons (Fsp3) is 0.449. The van der Waals surface area contributed by atoms with Gasteiger partial charge in [0.15, 0.2) is 40.0 Å². The summed E-state index contributed by atoms with van der Waals surface area (Å²) in [6.07, 6.45) is 0.135. The number of nitriles is 1. The number of hydrogen-bond donors (Lipinski definition) is 2. The highest BCUT2D eigenvalue weighted by Gasteiger charge is 2.62. The van der Waals surface area contributed by atoms with E-state index in [1.165, 1.54) is 7.11 Å². The van der Waals surface area contributed by atoms with Gasteiger partial charge in [-0.1, -0.05) is 24.3 Å². The highest BCUT2D eigenvalue weighted by Crippen LogP contribution is 2.65. The van der Waals surface area contributed by atoms with Crippen molar-refractivity contribution in [2.24, 2.45) is 0 Å². The SMILES string of the molecule is COc1cc2c(cc1OC(=O)OC(C)(C)C)CCN[C@]21CS[C@@H]2c3c(Oc4ccccc4)c(C)c4c(c3[C@H](COC1=O)N1C2[C@@H]2c3c(cc(C)c(OC)c3O)C[C@@H]([C@@H]1C#N)N2C)OCO4. The van der Waals surface area contributed by atoms with Crippen molar-refractivity contribution < 1.29 is 52.6 Å². The van der Waals surface area contributed by atoms with E-state index in [1.807, 2.05) is 51.2 Å². The minimum atomic E-state index is -1.41. The van der Waals surface area contributed by atoms with E-state index in [-0.39, 0.29) is 42.4 Å². The average Bonchev–Trinajstić information content (AvgIpc) is 3.76. The first kappa shape index (κ1) is 43.1. The molecule has 2 fully saturated rings. The van der Waals surface area contributed by atoms with Crippen LogP contribution in [0.25, 0.3) is 0 Å². The molecule has 4 aromatic carbocycles. The first-order valence-electron chi connectivity index (χ1n) is 21.8. The molecule has 7 aliphatic heterocycles. The van der Waals surface area contributed by atoms with E-state index in [2.05, 4.69) is 27.3 Å². The standard InChI is InChI=1S/C49H52N4O11S/c1-24-16-27-17-30-31(20-50)53-32-21-59-46(55)49(29-19-33(57-7)34(18-26(29)14-15-51-49)63-47(56)64-48(3,4)5)22-65-45(39(53)38(52(30)6)35(27)40(54)41(24)58-8)37-36(32)44-43(60-23-61-44)25(2)42(37)62-28-12-10-9-11-13-28/h9-13,16,18-19,30-32,38-39,45,51,54H,14-15,17,21-23H2,1-8H3/t30-,31-,32-,38-,39?,45+,49+/m0/s1. The van der Waals surface area contributed by atoms with Gasteiger partial charge >= 0.3 is 12.1 Å². The molecular formula is C49H52N4O11S. The van der Waals surface area contributed by atoms with E-state index in [0.717, 1.165) is 38.9 Å². The third kappa shape index (κ3) is 6.72. The van der Waals surface area contributed by atoms with Gasteiger partial charge in [-0.15, -0.1) is 11.8 Å². The molecule has 0 aliphatic carbocycles. The van der Waals surface area contributed by atoms with Gasteiger partial charge < -0.3 is 43.0 Å². The number of nitrogens with zero attached hydrogens (tertiary/aromatic N) is 3. The Labute approximate surface area is 381 Å². The van der Waals surface area contributed by atoms with Crippen LogP contribution in [0.3, 0.4) is 0 Å². The topological polar surface area (TPSA) is 171 Å². The fourth-order valence-electron chi connectivity index (χ4n) is 11.1. The number of carbonyl (C=O) groups excluding carboxylic acids is 2. The smallest absolute Gasteiger partial charge is 0.504 e. The zero-order valence-corrected chi connectivity index (χ0v) is 38.4. The number of phenols is 1. The molecule has 2 saturated heterocycles. The second kappa shape index (κ2) is 15.9. The molecule has 0 radical (unpaired) electrons. The van der Waals surface area contributed by atoms with Gasteiger partial charge in [0.05, 0.1) is 37.6 Å². The molecule has 1 unspecified atom stereocenters. The maximum absolute atomic E-state index is 15.2. The van der Waals surface area contributed by atoms with Crippen molar-refractivity contribution in [1.82, 2.24) is 15.1 Å². The molecule has 7 heterocycles. The summed E-state index contributed by atoms with van der Waals surface area (Å²) in [4.78, 5) is 32.5. The van der Waals surface area contributed by atoms with Gasteiger partial charge in [0.2, 0.25) is 6.79 Å². The molecule has 7 aliphatic rings. The van der Waals surface area contributed by atoms with Crippen molar-refractivity contribution >= 4 is 23.9 Å². The predicted molar refractivity (Wildman–Crippen MR) is 238 cm³/mol. The maximum atomic E-state index is 15.2. The van der Waals surface area contributed by atoms with Gasteiger partial charge in [0.25, 0.3) is 0 Å². The summed E-state index contributed by atoms with van der Waals surface area (Å²) in [5.74, 6) is 2.78. The highest BCUT2D eigenvalue weighted by atomic mass is 32.2. The summed E-state index contributed by atoms with van der Waals surface area (Å²) in [7, 11) is 5.06. The summed E-state index contributed by atoms with van der Waals surface area (Å²) < 4.78 is 49.0. The maximum Gasteiger partial charge on any atom is 0.514 e. The zero-order valence-electron chi connectivity index (χ0n) is 37.6. The molecule has 7 atom stereocenters. The van der Waals surface area contributed by atoms with E-state index < -0.39 is 52.7 Å². The van der Waals surface area contributed by atoms with Crippen molar-refractivity contribution in [2.45, 2.75) is 94.1 Å². The largest absolute Gasteiger partial charge is 0.514 e. The lowest BCUT2D eigenvalue weighted by atomic mass is 9.71. The Morgan fingerprint density at radius 3 is 2.48 bits per heavy atom. The van der Waals surface area contributed by atoms with Crippen LogP contribution in [0.5, 0.6) is 46.0 Å². The number of fused-ring (bicyclic) bond motifs is 9. The number of nitrogens with one attached hydrogen (secondary N) is 1. The monoisotopic (exact) mass is 904 g/mol. The second-order valence-electron chi connectivity index (χ2n) is 18.5. The Balaban J connectivity index is 1.20. The van der Waals surface area contributed by atoms with Gasteiger partial charge in [-0.25, -0.2) is 9.59 Å². The van der Waals surface area contributed by atoms with Crippen LogP contribution in [-0.4, -0.2) is 97.7 Å². The summed E-state index contributed by atoms with van der Waals surface area (Å²) in [6.45, 7) is 9.37. The number of hydrogen-bond acceptors (Lipinski definition) is 16. The molecule has 2 N–H and O–H groups in total. The second-order valence-corrected chi connectivity index (χ2v) is 19.6. The van der Waals surface area contributed by atoms with Crippen molar-refractivity contribution in [3.8, 4) is 52.1 Å². The van der Waals surface area contributed by atoms with Crippen molar-refractivity contribution in [1.29, 1.82) is 5.26 Å². The van der Waals surface area contributed by atoms with Crippen molar-refractivity contribution in [2.75, 3.05) is 47.0 Å². The molecule has 0 aromatic heterocycles. The predicted octanol–water partition coefficient (Wildman–Crippen LogP) is 7.46. The Bertz CT molecular complexity index is 2670. The number of rotatable bonds is 5. The average molecular weight is 905 g/mol. The summed E-state index contributed by atoms with van der Waals surface area (Å²) >= 11 is 1.55. The molecular weight excluding hydrogens is 853 g/mol. The summed E-state index contributed by atoms with van der Waals surface area (Å²) in [5.41, 5.74) is 4.02. The number of aromatic hydroxyl groups is 1. The minimum Gasteiger partial charge on any atom is -0.504 e. The van der Waals surface area contributed by atoms with E-state index in [1.54, 1.807) is 51.8 Å². The molecule has 11 rings (SSSR count). The molecule has 15 nitrogen and oxygen atoms in total. The lowest BCUT2D eigenvalue weighted by Gasteiger charge is -2.62. The molecule has 0 amide bonds. The van der Waals surface area contributed by atoms with E-state index in [9.17, 15) is 15.2 Å². The van der Waals surface area contributed by atoms with Crippen LogP contribution in [0.4, 0.5) is 4.79 Å². The first-order valence-corrected chi connectivity index (χ1v) is 22.9. The summed E-state index contributed by atoms with van der Waals surface area (Å²) in [6, 6.07) is 15.2. The van der Waals surface area contributed by atoms with Crippen LogP contribution in [0, 0.1) is 25.2 Å². The number of aryl methyl sites for hydroxylation is 1. The number of esters is 1. The van der Waals surface area contributed by atoms with Gasteiger partial charge in [-0.3, -0.25) is 15.1 Å². The number of thioether (sulfide) groups is 1. The van der Waals surface area contributed by atoms with Gasteiger partial charge in [0.1, 0.15) is 29.7 Å². The zero-order chi connectivity index (χ0) is 45.7. The Hall–Kier alpha value is -5.86. The number of methoxy groups -OCH3 is 2. The fourth-order valence-corrected chi connectivity index (χ4v) is 12.8. The van der Waals surface area contributed by atoms with Crippen LogP contribution in [0.2, 0.25) is 0 Å². The highest BCUT2D eigenvalue weighted by molar-refractivity contribution is 7.99. The van der Waals surface area contributed by atoms with Gasteiger partial charge in [-0.05, 0) is 101 Å². The van der Waals surface area contributed by atoms with Crippen molar-refractivity contribution in [3.63, 3.8) is 0 Å². The summed E-state index contributed by atoms with van der Waals surface area (Å²) in [5, 5.41) is 26.7. The molecule has 65 heavy (non-hydrogen) atoms. The lowest BCUT2D eigenvalue weighted by molar-refractivity contribution is -0.157. The quantitative estimate of drug-likeness (QED) is 0.149. The van der Waals surface area contributed by atoms with E-state index >= 15 is 4.79 Å². The lowest BCUT2D eigenvalue weighted by Crippen LogP contribution is -2.69. The van der Waals surface area contributed by atoms with Gasteiger partial charge in [-0.2, -0.15) is 5.26 Å². The number of ether oxygens (including phenoxy) is 8. The van der Waals surface area contributed by atoms with Gasteiger partial charge in [0, 0.05) is 46.6 Å². The Kier molecular flexibility index (Phi) is 10.6. The number of para-hydroxylation sites is 1. The minimum absolute atomic E-state index is 0.0213. The van der Waals surface area contributed by atoms with E-state index in [4.69, 9.17) is 37.9 Å². The Morgan fingerprint density at radius 1 is 0.985 bits per heavy atom. The number of benzene rings is 4. The normalized spacial score (nSPS) is 26.4. The van der Waals surface area contributed by atoms with Crippen LogP contribution in [0.1, 0.15) is 82.6 Å². The van der Waals surface area contributed by atoms with Crippen LogP contribution >= 0.6 is 11.8 Å².